The maximum atomic E-state index is 12.8. The highest BCUT2D eigenvalue weighted by Crippen LogP contribution is 2.13. The number of carbonyl (C=O) groups excluding carboxylic acids is 3. The van der Waals surface area contributed by atoms with Crippen LogP contribution in [0.15, 0.2) is 85.1 Å². The van der Waals surface area contributed by atoms with Crippen LogP contribution in [0.4, 0.5) is 0 Å². The fourth-order valence-corrected chi connectivity index (χ4v) is 7.28. The van der Waals surface area contributed by atoms with Gasteiger partial charge in [0.2, 0.25) is 0 Å². The van der Waals surface area contributed by atoms with E-state index >= 15 is 0 Å². The smallest absolute Gasteiger partial charge is 0.306 e. The molecule has 0 aliphatic heterocycles. The minimum Gasteiger partial charge on any atom is -0.462 e. The van der Waals surface area contributed by atoms with Gasteiger partial charge in [-0.25, -0.2) is 0 Å². The molecule has 0 aromatic rings. The summed E-state index contributed by atoms with van der Waals surface area (Å²) in [5, 5.41) is 0. The number of carbonyl (C=O) groups is 3. The van der Waals surface area contributed by atoms with Gasteiger partial charge in [-0.3, -0.25) is 14.4 Å². The van der Waals surface area contributed by atoms with Crippen LogP contribution in [-0.2, 0) is 28.6 Å². The van der Waals surface area contributed by atoms with Crippen molar-refractivity contribution in [2.24, 2.45) is 0 Å². The molecule has 372 valence electrons. The second-order valence-corrected chi connectivity index (χ2v) is 17.7. The Bertz CT molecular complexity index is 1270. The highest BCUT2D eigenvalue weighted by Gasteiger charge is 2.19. The summed E-state index contributed by atoms with van der Waals surface area (Å²) in [6.07, 6.45) is 68.5. The molecule has 0 radical (unpaired) electrons. The number of allylic oxidation sites excluding steroid dienone is 14. The maximum Gasteiger partial charge on any atom is 0.306 e. The number of esters is 3. The number of hydrogen-bond acceptors (Lipinski definition) is 6. The van der Waals surface area contributed by atoms with Crippen molar-refractivity contribution >= 4 is 17.9 Å². The third-order valence-electron chi connectivity index (χ3n) is 11.4. The second-order valence-electron chi connectivity index (χ2n) is 17.7. The third-order valence-corrected chi connectivity index (χ3v) is 11.4. The Kier molecular flexibility index (Phi) is 50.4. The molecule has 0 rings (SSSR count). The quantitative estimate of drug-likeness (QED) is 0.0262. The first kappa shape index (κ1) is 61.6. The van der Waals surface area contributed by atoms with Gasteiger partial charge in [0.15, 0.2) is 6.10 Å². The van der Waals surface area contributed by atoms with E-state index in [1.807, 2.05) is 0 Å². The largest absolute Gasteiger partial charge is 0.462 e. The lowest BCUT2D eigenvalue weighted by molar-refractivity contribution is -0.167. The first-order valence-electron chi connectivity index (χ1n) is 27.1. The molecule has 0 bridgehead atoms. The number of ether oxygens (including phenoxy) is 3. The SMILES string of the molecule is CC/C=C\C/C=C\C/C=C\C/C=C\C/C=C\CCCCCC(=O)OCC(COC(=O)CCCCC/C=C\CCCCCCCCC)OC(=O)CCCCC/C=C\CCCCCCCCC. The van der Waals surface area contributed by atoms with E-state index in [1.165, 1.54) is 89.9 Å². The van der Waals surface area contributed by atoms with Gasteiger partial charge in [-0.15, -0.1) is 0 Å². The molecule has 0 saturated carbocycles. The average Bonchev–Trinajstić information content (AvgIpc) is 3.30. The van der Waals surface area contributed by atoms with Crippen LogP contribution in [0.5, 0.6) is 0 Å². The summed E-state index contributed by atoms with van der Waals surface area (Å²) in [5.74, 6) is -0.963. The minimum atomic E-state index is -0.804. The van der Waals surface area contributed by atoms with E-state index in [4.69, 9.17) is 14.2 Å². The van der Waals surface area contributed by atoms with E-state index in [0.717, 1.165) is 122 Å². The van der Waals surface area contributed by atoms with Gasteiger partial charge in [-0.05, 0) is 116 Å². The lowest BCUT2D eigenvalue weighted by Gasteiger charge is -2.18. The maximum absolute atomic E-state index is 12.8. The molecule has 0 amide bonds. The molecule has 0 N–H and O–H groups in total. The molecule has 0 aliphatic carbocycles. The van der Waals surface area contributed by atoms with E-state index in [9.17, 15) is 14.4 Å². The zero-order chi connectivity index (χ0) is 47.2. The molecule has 0 fully saturated rings. The molecule has 1 unspecified atom stereocenters. The van der Waals surface area contributed by atoms with E-state index < -0.39 is 6.10 Å². The van der Waals surface area contributed by atoms with Crippen molar-refractivity contribution in [1.82, 2.24) is 0 Å². The van der Waals surface area contributed by atoms with Crippen LogP contribution in [0.2, 0.25) is 0 Å². The molecule has 0 aliphatic rings. The lowest BCUT2D eigenvalue weighted by Crippen LogP contribution is -2.30. The Morgan fingerprint density at radius 3 is 0.954 bits per heavy atom. The van der Waals surface area contributed by atoms with Crippen LogP contribution in [-0.4, -0.2) is 37.2 Å². The van der Waals surface area contributed by atoms with E-state index in [2.05, 4.69) is 106 Å². The van der Waals surface area contributed by atoms with Gasteiger partial charge in [0.05, 0.1) is 0 Å². The van der Waals surface area contributed by atoms with Gasteiger partial charge >= 0.3 is 17.9 Å². The highest BCUT2D eigenvalue weighted by molar-refractivity contribution is 5.71. The molecular weight excluding hydrogens is 805 g/mol. The Labute approximate surface area is 401 Å². The summed E-state index contributed by atoms with van der Waals surface area (Å²) < 4.78 is 16.8. The van der Waals surface area contributed by atoms with Crippen LogP contribution >= 0.6 is 0 Å². The minimum absolute atomic E-state index is 0.101. The van der Waals surface area contributed by atoms with E-state index in [-0.39, 0.29) is 31.1 Å². The molecular formula is C59H100O6. The van der Waals surface area contributed by atoms with Gasteiger partial charge in [0.25, 0.3) is 0 Å². The Balaban J connectivity index is 4.48. The molecule has 6 nitrogen and oxygen atoms in total. The second kappa shape index (κ2) is 53.2. The van der Waals surface area contributed by atoms with Crippen LogP contribution in [0.3, 0.4) is 0 Å². The predicted molar refractivity (Wildman–Crippen MR) is 279 cm³/mol. The van der Waals surface area contributed by atoms with E-state index in [1.54, 1.807) is 0 Å². The summed E-state index contributed by atoms with van der Waals surface area (Å²) in [6.45, 7) is 6.46. The molecule has 1 atom stereocenters. The van der Waals surface area contributed by atoms with Crippen LogP contribution < -0.4 is 0 Å². The van der Waals surface area contributed by atoms with Crippen molar-refractivity contribution in [2.45, 2.75) is 258 Å². The number of hydrogen-bond donors (Lipinski definition) is 0. The average molecular weight is 905 g/mol. The van der Waals surface area contributed by atoms with Crippen molar-refractivity contribution in [2.75, 3.05) is 13.2 Å². The van der Waals surface area contributed by atoms with Crippen LogP contribution in [0, 0.1) is 0 Å². The molecule has 0 aromatic heterocycles. The van der Waals surface area contributed by atoms with Gasteiger partial charge in [-0.2, -0.15) is 0 Å². The monoisotopic (exact) mass is 905 g/mol. The van der Waals surface area contributed by atoms with E-state index in [0.29, 0.717) is 19.3 Å². The first-order valence-corrected chi connectivity index (χ1v) is 27.1. The number of unbranched alkanes of at least 4 members (excludes halogenated alkanes) is 23. The molecule has 65 heavy (non-hydrogen) atoms. The topological polar surface area (TPSA) is 78.9 Å². The standard InChI is InChI=1S/C59H100O6/c1-4-7-10-13-16-19-22-25-28-29-30-31-32-35-37-40-43-46-49-52-58(61)64-55-56(65-59(62)53-50-47-44-41-38-34-27-24-21-18-15-12-9-6-3)54-63-57(60)51-48-45-42-39-36-33-26-23-20-17-14-11-8-5-2/h7,10,16,19,25,28,30-31,33-38,56H,4-6,8-9,11-15,17-18,20-24,26-27,29,32,39-55H2,1-3H3/b10-7-,19-16-,28-25-,31-30-,36-33-,37-35-,38-34-. The van der Waals surface area contributed by atoms with Gasteiger partial charge in [-0.1, -0.05) is 202 Å². The summed E-state index contributed by atoms with van der Waals surface area (Å²) in [5.41, 5.74) is 0. The summed E-state index contributed by atoms with van der Waals surface area (Å²) in [7, 11) is 0. The Morgan fingerprint density at radius 2 is 0.600 bits per heavy atom. The van der Waals surface area contributed by atoms with Gasteiger partial charge in [0, 0.05) is 19.3 Å². The molecule has 0 heterocycles. The summed E-state index contributed by atoms with van der Waals surface area (Å²) in [4.78, 5) is 38.0. The van der Waals surface area contributed by atoms with Crippen LogP contribution in [0.25, 0.3) is 0 Å². The summed E-state index contributed by atoms with van der Waals surface area (Å²) in [6, 6.07) is 0. The van der Waals surface area contributed by atoms with Crippen molar-refractivity contribution < 1.29 is 28.6 Å². The van der Waals surface area contributed by atoms with Gasteiger partial charge in [0.1, 0.15) is 13.2 Å². The van der Waals surface area contributed by atoms with Crippen molar-refractivity contribution in [1.29, 1.82) is 0 Å². The molecule has 0 saturated heterocycles. The molecule has 6 heteroatoms. The van der Waals surface area contributed by atoms with Crippen molar-refractivity contribution in [3.8, 4) is 0 Å². The Morgan fingerprint density at radius 1 is 0.323 bits per heavy atom. The first-order chi connectivity index (χ1) is 32.0. The number of rotatable bonds is 48. The fourth-order valence-electron chi connectivity index (χ4n) is 7.28. The normalized spacial score (nSPS) is 12.7. The zero-order valence-electron chi connectivity index (χ0n) is 42.5. The molecule has 0 spiro atoms. The molecule has 0 aromatic carbocycles. The van der Waals surface area contributed by atoms with Crippen molar-refractivity contribution in [3.05, 3.63) is 85.1 Å². The zero-order valence-corrected chi connectivity index (χ0v) is 42.5. The third kappa shape index (κ3) is 51.4. The summed E-state index contributed by atoms with van der Waals surface area (Å²) >= 11 is 0. The predicted octanol–water partition coefficient (Wildman–Crippen LogP) is 18.0. The Hall–Kier alpha value is -3.41. The van der Waals surface area contributed by atoms with Gasteiger partial charge < -0.3 is 14.2 Å². The lowest BCUT2D eigenvalue weighted by atomic mass is 10.1. The fraction of sp³-hybridized carbons (Fsp3) is 0.712. The van der Waals surface area contributed by atoms with Crippen LogP contribution in [0.1, 0.15) is 252 Å². The van der Waals surface area contributed by atoms with Crippen molar-refractivity contribution in [3.63, 3.8) is 0 Å². The highest BCUT2D eigenvalue weighted by atomic mass is 16.6.